The highest BCUT2D eigenvalue weighted by atomic mass is 79.9. The first-order chi connectivity index (χ1) is 9.65. The SMILES string of the molecule is O=C(COC(=O)c1ccoc1)NCc1cccc(Br)c1. The van der Waals surface area contributed by atoms with E-state index in [0.717, 1.165) is 10.0 Å². The summed E-state index contributed by atoms with van der Waals surface area (Å²) in [5.41, 5.74) is 1.23. The van der Waals surface area contributed by atoms with Crippen molar-refractivity contribution in [2.45, 2.75) is 6.54 Å². The summed E-state index contributed by atoms with van der Waals surface area (Å²) in [6.45, 7) is 0.0551. The van der Waals surface area contributed by atoms with Gasteiger partial charge in [-0.05, 0) is 23.8 Å². The van der Waals surface area contributed by atoms with Gasteiger partial charge >= 0.3 is 5.97 Å². The molecule has 1 aromatic carbocycles. The summed E-state index contributed by atoms with van der Waals surface area (Å²) >= 11 is 3.35. The van der Waals surface area contributed by atoms with Gasteiger partial charge in [-0.25, -0.2) is 4.79 Å². The number of hydrogen-bond donors (Lipinski definition) is 1. The Bertz CT molecular complexity index is 595. The van der Waals surface area contributed by atoms with Gasteiger partial charge in [0.2, 0.25) is 0 Å². The molecule has 0 saturated carbocycles. The van der Waals surface area contributed by atoms with Crippen LogP contribution in [0.5, 0.6) is 0 Å². The van der Waals surface area contributed by atoms with Crippen molar-refractivity contribution in [2.75, 3.05) is 6.61 Å². The van der Waals surface area contributed by atoms with Gasteiger partial charge in [0.15, 0.2) is 6.61 Å². The molecule has 104 valence electrons. The summed E-state index contributed by atoms with van der Waals surface area (Å²) in [4.78, 5) is 23.0. The maximum absolute atomic E-state index is 11.6. The number of benzene rings is 1. The van der Waals surface area contributed by atoms with Crippen molar-refractivity contribution in [3.8, 4) is 0 Å². The highest BCUT2D eigenvalue weighted by Crippen LogP contribution is 2.11. The summed E-state index contributed by atoms with van der Waals surface area (Å²) in [5.74, 6) is -0.946. The normalized spacial score (nSPS) is 10.1. The largest absolute Gasteiger partial charge is 0.472 e. The number of nitrogens with one attached hydrogen (secondary N) is 1. The number of ether oxygens (including phenoxy) is 1. The van der Waals surface area contributed by atoms with E-state index in [2.05, 4.69) is 21.2 Å². The third kappa shape index (κ3) is 4.24. The first-order valence-electron chi connectivity index (χ1n) is 5.85. The molecule has 0 bridgehead atoms. The third-order valence-electron chi connectivity index (χ3n) is 2.47. The number of hydrogen-bond acceptors (Lipinski definition) is 4. The fraction of sp³-hybridized carbons (Fsp3) is 0.143. The minimum atomic E-state index is -0.587. The molecule has 0 aliphatic carbocycles. The lowest BCUT2D eigenvalue weighted by Crippen LogP contribution is -2.28. The number of carbonyl (C=O) groups is 2. The van der Waals surface area contributed by atoms with Gasteiger partial charge in [0, 0.05) is 11.0 Å². The molecule has 1 heterocycles. The summed E-state index contributed by atoms with van der Waals surface area (Å²) in [6, 6.07) is 9.05. The van der Waals surface area contributed by atoms with Crippen molar-refractivity contribution in [1.82, 2.24) is 5.32 Å². The van der Waals surface area contributed by atoms with Crippen LogP contribution in [-0.4, -0.2) is 18.5 Å². The highest BCUT2D eigenvalue weighted by molar-refractivity contribution is 9.10. The molecule has 0 atom stereocenters. The van der Waals surface area contributed by atoms with Crippen LogP contribution in [0.25, 0.3) is 0 Å². The van der Waals surface area contributed by atoms with Gasteiger partial charge < -0.3 is 14.5 Å². The summed E-state index contributed by atoms with van der Waals surface area (Å²) < 4.78 is 10.5. The Morgan fingerprint density at radius 2 is 2.15 bits per heavy atom. The molecule has 1 aromatic heterocycles. The minimum Gasteiger partial charge on any atom is -0.472 e. The van der Waals surface area contributed by atoms with Gasteiger partial charge in [0.25, 0.3) is 5.91 Å². The van der Waals surface area contributed by atoms with Crippen molar-refractivity contribution in [2.24, 2.45) is 0 Å². The summed E-state index contributed by atoms with van der Waals surface area (Å²) in [6.07, 6.45) is 2.63. The Hall–Kier alpha value is -2.08. The van der Waals surface area contributed by atoms with Crippen LogP contribution in [0, 0.1) is 0 Å². The molecule has 0 saturated heterocycles. The monoisotopic (exact) mass is 337 g/mol. The molecule has 0 spiro atoms. The second kappa shape index (κ2) is 6.91. The van der Waals surface area contributed by atoms with Crippen LogP contribution in [0.15, 0.2) is 51.7 Å². The van der Waals surface area contributed by atoms with Crippen LogP contribution in [0.4, 0.5) is 0 Å². The van der Waals surface area contributed by atoms with E-state index in [1.165, 1.54) is 18.6 Å². The number of carbonyl (C=O) groups excluding carboxylic acids is 2. The van der Waals surface area contributed by atoms with Gasteiger partial charge in [-0.15, -0.1) is 0 Å². The average Bonchev–Trinajstić information content (AvgIpc) is 2.97. The maximum atomic E-state index is 11.6. The number of esters is 1. The quantitative estimate of drug-likeness (QED) is 0.851. The van der Waals surface area contributed by atoms with Crippen LogP contribution in [-0.2, 0) is 16.1 Å². The maximum Gasteiger partial charge on any atom is 0.341 e. The number of furan rings is 1. The van der Waals surface area contributed by atoms with E-state index in [4.69, 9.17) is 9.15 Å². The molecule has 2 aromatic rings. The second-order valence-electron chi connectivity index (χ2n) is 3.99. The molecule has 2 rings (SSSR count). The van der Waals surface area contributed by atoms with Crippen molar-refractivity contribution >= 4 is 27.8 Å². The predicted octanol–water partition coefficient (Wildman–Crippen LogP) is 2.52. The molecule has 0 unspecified atom stereocenters. The van der Waals surface area contributed by atoms with E-state index in [9.17, 15) is 9.59 Å². The molecule has 5 nitrogen and oxygen atoms in total. The van der Waals surface area contributed by atoms with Gasteiger partial charge in [-0.3, -0.25) is 4.79 Å². The molecular weight excluding hydrogens is 326 g/mol. The average molecular weight is 338 g/mol. The molecule has 0 aliphatic rings. The zero-order valence-corrected chi connectivity index (χ0v) is 12.1. The van der Waals surface area contributed by atoms with Gasteiger partial charge in [-0.2, -0.15) is 0 Å². The Balaban J connectivity index is 1.74. The van der Waals surface area contributed by atoms with E-state index in [1.54, 1.807) is 0 Å². The Morgan fingerprint density at radius 3 is 2.85 bits per heavy atom. The topological polar surface area (TPSA) is 68.5 Å². The van der Waals surface area contributed by atoms with Crippen LogP contribution >= 0.6 is 15.9 Å². The van der Waals surface area contributed by atoms with Crippen molar-refractivity contribution < 1.29 is 18.7 Å². The molecule has 0 fully saturated rings. The standard InChI is InChI=1S/C14H12BrNO4/c15-12-3-1-2-10(6-12)7-16-13(17)9-20-14(18)11-4-5-19-8-11/h1-6,8H,7,9H2,(H,16,17). The smallest absolute Gasteiger partial charge is 0.341 e. The lowest BCUT2D eigenvalue weighted by molar-refractivity contribution is -0.124. The van der Waals surface area contributed by atoms with Gasteiger partial charge in [0.1, 0.15) is 6.26 Å². The first-order valence-corrected chi connectivity index (χ1v) is 6.65. The summed E-state index contributed by atoms with van der Waals surface area (Å²) in [7, 11) is 0. The highest BCUT2D eigenvalue weighted by Gasteiger charge is 2.10. The minimum absolute atomic E-state index is 0.282. The molecule has 1 N–H and O–H groups in total. The van der Waals surface area contributed by atoms with Crippen LogP contribution in [0.3, 0.4) is 0 Å². The molecule has 6 heteroatoms. The van der Waals surface area contributed by atoms with Crippen LogP contribution in [0.1, 0.15) is 15.9 Å². The van der Waals surface area contributed by atoms with E-state index >= 15 is 0 Å². The van der Waals surface area contributed by atoms with Crippen molar-refractivity contribution in [3.63, 3.8) is 0 Å². The second-order valence-corrected chi connectivity index (χ2v) is 4.91. The zero-order chi connectivity index (χ0) is 14.4. The Labute approximate surface area is 124 Å². The van der Waals surface area contributed by atoms with E-state index in [-0.39, 0.29) is 18.1 Å². The van der Waals surface area contributed by atoms with Crippen molar-refractivity contribution in [1.29, 1.82) is 0 Å². The zero-order valence-electron chi connectivity index (χ0n) is 10.5. The molecular formula is C14H12BrNO4. The van der Waals surface area contributed by atoms with Crippen LogP contribution in [0.2, 0.25) is 0 Å². The first kappa shape index (κ1) is 14.3. The predicted molar refractivity (Wildman–Crippen MR) is 75.0 cm³/mol. The number of halogens is 1. The van der Waals surface area contributed by atoms with Crippen LogP contribution < -0.4 is 5.32 Å². The Kier molecular flexibility index (Phi) is 4.95. The lowest BCUT2D eigenvalue weighted by atomic mass is 10.2. The third-order valence-corrected chi connectivity index (χ3v) is 2.96. The molecule has 0 aliphatic heterocycles. The fourth-order valence-electron chi connectivity index (χ4n) is 1.49. The van der Waals surface area contributed by atoms with E-state index < -0.39 is 5.97 Å². The molecule has 0 radical (unpaired) electrons. The molecule has 1 amide bonds. The van der Waals surface area contributed by atoms with E-state index in [1.807, 2.05) is 24.3 Å². The van der Waals surface area contributed by atoms with Gasteiger partial charge in [-0.1, -0.05) is 28.1 Å². The van der Waals surface area contributed by atoms with E-state index in [0.29, 0.717) is 6.54 Å². The lowest BCUT2D eigenvalue weighted by Gasteiger charge is -2.06. The summed E-state index contributed by atoms with van der Waals surface area (Å²) in [5, 5.41) is 2.67. The number of rotatable bonds is 5. The number of amides is 1. The van der Waals surface area contributed by atoms with Crippen molar-refractivity contribution in [3.05, 3.63) is 58.5 Å². The molecule has 20 heavy (non-hydrogen) atoms. The Morgan fingerprint density at radius 1 is 1.30 bits per heavy atom. The van der Waals surface area contributed by atoms with Gasteiger partial charge in [0.05, 0.1) is 11.8 Å². The fourth-order valence-corrected chi connectivity index (χ4v) is 1.94.